The molecule has 1 N–H and O–H groups in total. The Morgan fingerprint density at radius 2 is 1.85 bits per heavy atom. The number of carbonyl (C=O) groups excluding carboxylic acids is 3. The van der Waals surface area contributed by atoms with Crippen LogP contribution in [0.4, 0.5) is 5.69 Å². The van der Waals surface area contributed by atoms with Gasteiger partial charge in [-0.25, -0.2) is 4.79 Å². The Balaban J connectivity index is 1.94. The van der Waals surface area contributed by atoms with Crippen molar-refractivity contribution in [1.82, 2.24) is 0 Å². The van der Waals surface area contributed by atoms with E-state index in [9.17, 15) is 14.4 Å². The fourth-order valence-electron chi connectivity index (χ4n) is 2.09. The number of amides is 1. The van der Waals surface area contributed by atoms with Crippen LogP contribution in [0.15, 0.2) is 54.6 Å². The van der Waals surface area contributed by atoms with E-state index in [0.29, 0.717) is 21.8 Å². The number of benzene rings is 2. The Morgan fingerprint density at radius 1 is 1.12 bits per heavy atom. The number of carbonyl (C=O) groups is 3. The van der Waals surface area contributed by atoms with Gasteiger partial charge in [0.2, 0.25) is 0 Å². The predicted octanol–water partition coefficient (Wildman–Crippen LogP) is 4.13. The second-order valence-corrected chi connectivity index (χ2v) is 5.97. The van der Waals surface area contributed by atoms with Gasteiger partial charge in [0.15, 0.2) is 11.9 Å². The highest BCUT2D eigenvalue weighted by molar-refractivity contribution is 6.32. The quantitative estimate of drug-likeness (QED) is 0.471. The van der Waals surface area contributed by atoms with E-state index >= 15 is 0 Å². The van der Waals surface area contributed by atoms with Crippen LogP contribution in [0, 0.1) is 0 Å². The number of ketones is 1. The van der Waals surface area contributed by atoms with Crippen molar-refractivity contribution < 1.29 is 19.1 Å². The molecule has 0 aliphatic rings. The lowest BCUT2D eigenvalue weighted by atomic mass is 10.1. The van der Waals surface area contributed by atoms with E-state index < -0.39 is 18.0 Å². The first-order valence-electron chi connectivity index (χ1n) is 7.92. The highest BCUT2D eigenvalue weighted by Crippen LogP contribution is 2.16. The molecule has 0 spiro atoms. The molecular formula is C20H18ClNO4. The maximum absolute atomic E-state index is 12.1. The van der Waals surface area contributed by atoms with E-state index in [4.69, 9.17) is 16.3 Å². The molecule has 1 atom stereocenters. The van der Waals surface area contributed by atoms with Crippen molar-refractivity contribution in [2.45, 2.75) is 20.0 Å². The van der Waals surface area contributed by atoms with E-state index in [1.54, 1.807) is 48.5 Å². The van der Waals surface area contributed by atoms with Crippen LogP contribution in [-0.2, 0) is 14.3 Å². The summed E-state index contributed by atoms with van der Waals surface area (Å²) in [7, 11) is 0. The van der Waals surface area contributed by atoms with E-state index in [2.05, 4.69) is 5.32 Å². The molecule has 2 rings (SSSR count). The molecule has 1 amide bonds. The van der Waals surface area contributed by atoms with Crippen molar-refractivity contribution in [3.8, 4) is 0 Å². The number of anilines is 1. The van der Waals surface area contributed by atoms with Crippen molar-refractivity contribution in [2.75, 3.05) is 5.32 Å². The van der Waals surface area contributed by atoms with E-state index in [0.717, 1.165) is 0 Å². The fourth-order valence-corrected chi connectivity index (χ4v) is 2.29. The smallest absolute Gasteiger partial charge is 0.331 e. The Bertz CT molecular complexity index is 860. The van der Waals surface area contributed by atoms with E-state index in [1.807, 2.05) is 0 Å². The second-order valence-electron chi connectivity index (χ2n) is 5.56. The zero-order valence-corrected chi connectivity index (χ0v) is 15.1. The maximum Gasteiger partial charge on any atom is 0.331 e. The summed E-state index contributed by atoms with van der Waals surface area (Å²) in [5.74, 6) is -1.26. The van der Waals surface area contributed by atoms with Crippen LogP contribution >= 0.6 is 11.6 Å². The van der Waals surface area contributed by atoms with Crippen molar-refractivity contribution in [3.63, 3.8) is 0 Å². The number of esters is 1. The number of Topliss-reactive ketones (excluding diaryl/α,β-unsaturated/α-hetero) is 1. The largest absolute Gasteiger partial charge is 0.449 e. The van der Waals surface area contributed by atoms with Gasteiger partial charge in [0, 0.05) is 22.3 Å². The van der Waals surface area contributed by atoms with E-state index in [1.165, 1.54) is 26.0 Å². The summed E-state index contributed by atoms with van der Waals surface area (Å²) < 4.78 is 5.08. The summed E-state index contributed by atoms with van der Waals surface area (Å²) >= 11 is 6.00. The average Bonchev–Trinajstić information content (AvgIpc) is 2.61. The van der Waals surface area contributed by atoms with Crippen LogP contribution < -0.4 is 5.32 Å². The number of hydrogen-bond acceptors (Lipinski definition) is 4. The Hall–Kier alpha value is -2.92. The van der Waals surface area contributed by atoms with Crippen LogP contribution in [0.3, 0.4) is 0 Å². The molecule has 0 fully saturated rings. The summed E-state index contributed by atoms with van der Waals surface area (Å²) in [6.45, 7) is 2.90. The molecule has 0 unspecified atom stereocenters. The summed E-state index contributed by atoms with van der Waals surface area (Å²) in [4.78, 5) is 35.4. The number of hydrogen-bond donors (Lipinski definition) is 1. The summed E-state index contributed by atoms with van der Waals surface area (Å²) in [6, 6.07) is 13.6. The highest BCUT2D eigenvalue weighted by Gasteiger charge is 2.17. The lowest BCUT2D eigenvalue weighted by molar-refractivity contribution is -0.148. The molecule has 26 heavy (non-hydrogen) atoms. The minimum absolute atomic E-state index is 0.106. The Labute approximate surface area is 156 Å². The first-order chi connectivity index (χ1) is 12.4. The van der Waals surface area contributed by atoms with Gasteiger partial charge in [-0.05, 0) is 43.7 Å². The fraction of sp³-hybridized carbons (Fsp3) is 0.150. The topological polar surface area (TPSA) is 72.5 Å². The third-order valence-corrected chi connectivity index (χ3v) is 3.85. The molecular weight excluding hydrogens is 354 g/mol. The molecule has 0 radical (unpaired) electrons. The van der Waals surface area contributed by atoms with Crippen molar-refractivity contribution in [2.24, 2.45) is 0 Å². The van der Waals surface area contributed by atoms with Gasteiger partial charge in [-0.2, -0.15) is 0 Å². The molecule has 0 bridgehead atoms. The molecule has 0 aliphatic heterocycles. The van der Waals surface area contributed by atoms with Gasteiger partial charge in [-0.1, -0.05) is 41.9 Å². The minimum Gasteiger partial charge on any atom is -0.449 e. The van der Waals surface area contributed by atoms with Crippen LogP contribution in [0.5, 0.6) is 0 Å². The number of ether oxygens (including phenoxy) is 1. The first kappa shape index (κ1) is 19.4. The van der Waals surface area contributed by atoms with Crippen LogP contribution in [0.25, 0.3) is 6.08 Å². The summed E-state index contributed by atoms with van der Waals surface area (Å²) in [5, 5.41) is 3.12. The lowest BCUT2D eigenvalue weighted by Crippen LogP contribution is -2.29. The van der Waals surface area contributed by atoms with E-state index in [-0.39, 0.29) is 5.78 Å². The minimum atomic E-state index is -1.00. The molecule has 0 heterocycles. The van der Waals surface area contributed by atoms with Crippen molar-refractivity contribution in [1.29, 1.82) is 0 Å². The van der Waals surface area contributed by atoms with Gasteiger partial charge in [0.25, 0.3) is 5.91 Å². The summed E-state index contributed by atoms with van der Waals surface area (Å²) in [6.07, 6.45) is 1.73. The van der Waals surface area contributed by atoms with Crippen molar-refractivity contribution >= 4 is 41.0 Å². The average molecular weight is 372 g/mol. The molecule has 2 aromatic carbocycles. The van der Waals surface area contributed by atoms with Gasteiger partial charge in [0.05, 0.1) is 0 Å². The molecule has 2 aromatic rings. The van der Waals surface area contributed by atoms with Gasteiger partial charge in [-0.15, -0.1) is 0 Å². The van der Waals surface area contributed by atoms with Gasteiger partial charge < -0.3 is 10.1 Å². The molecule has 0 aromatic heterocycles. The highest BCUT2D eigenvalue weighted by atomic mass is 35.5. The van der Waals surface area contributed by atoms with Gasteiger partial charge in [-0.3, -0.25) is 9.59 Å². The Morgan fingerprint density at radius 3 is 2.54 bits per heavy atom. The Kier molecular flexibility index (Phi) is 6.69. The first-order valence-corrected chi connectivity index (χ1v) is 8.29. The predicted molar refractivity (Wildman–Crippen MR) is 101 cm³/mol. The monoisotopic (exact) mass is 371 g/mol. The molecule has 0 saturated heterocycles. The normalized spacial score (nSPS) is 11.8. The standard InChI is InChI=1S/C20H18ClNO4/c1-13(23)16-7-5-8-17(12-16)22-20(25)14(2)26-19(24)11-10-15-6-3-4-9-18(15)21/h3-12,14H,1-2H3,(H,22,25)/b11-10+/t14-/m0/s1. The lowest BCUT2D eigenvalue weighted by Gasteiger charge is -2.12. The van der Waals surface area contributed by atoms with Crippen LogP contribution in [-0.4, -0.2) is 23.8 Å². The second kappa shape index (κ2) is 8.97. The maximum atomic E-state index is 12.1. The summed E-state index contributed by atoms with van der Waals surface area (Å²) in [5.41, 5.74) is 1.61. The van der Waals surface area contributed by atoms with Crippen LogP contribution in [0.1, 0.15) is 29.8 Å². The van der Waals surface area contributed by atoms with Gasteiger partial charge in [0.1, 0.15) is 0 Å². The van der Waals surface area contributed by atoms with Gasteiger partial charge >= 0.3 is 5.97 Å². The molecule has 0 aliphatic carbocycles. The zero-order valence-electron chi connectivity index (χ0n) is 14.4. The van der Waals surface area contributed by atoms with Crippen LogP contribution in [0.2, 0.25) is 5.02 Å². The molecule has 5 nitrogen and oxygen atoms in total. The molecule has 0 saturated carbocycles. The third-order valence-electron chi connectivity index (χ3n) is 3.50. The number of rotatable bonds is 6. The zero-order chi connectivity index (χ0) is 19.1. The number of nitrogens with one attached hydrogen (secondary N) is 1. The third kappa shape index (κ3) is 5.57. The SMILES string of the molecule is CC(=O)c1cccc(NC(=O)[C@H](C)OC(=O)/C=C/c2ccccc2Cl)c1. The number of halogens is 1. The molecule has 6 heteroatoms. The van der Waals surface area contributed by atoms with Crippen molar-refractivity contribution in [3.05, 3.63) is 70.8 Å². The molecule has 134 valence electrons.